The van der Waals surface area contributed by atoms with E-state index in [1.165, 1.54) is 26.2 Å². The summed E-state index contributed by atoms with van der Waals surface area (Å²) in [5.74, 6) is 3.78. The minimum Gasteiger partial charge on any atom is -0.493 e. The fourth-order valence-electron chi connectivity index (χ4n) is 4.28. The lowest BCUT2D eigenvalue weighted by Crippen LogP contribution is -2.40. The maximum absolute atomic E-state index is 13.4. The Balaban J connectivity index is 1.51. The zero-order valence-corrected chi connectivity index (χ0v) is 19.8. The fourth-order valence-corrected chi connectivity index (χ4v) is 4.28. The van der Waals surface area contributed by atoms with E-state index in [-0.39, 0.29) is 0 Å². The number of hydrogen-bond donors (Lipinski definition) is 0. The molecule has 0 saturated carbocycles. The summed E-state index contributed by atoms with van der Waals surface area (Å²) < 4.78 is 21.6. The van der Waals surface area contributed by atoms with E-state index in [9.17, 15) is 9.59 Å². The summed E-state index contributed by atoms with van der Waals surface area (Å²) in [6, 6.07) is 21.0. The lowest BCUT2D eigenvalue weighted by atomic mass is 9.93. The summed E-state index contributed by atoms with van der Waals surface area (Å²) in [5.41, 5.74) is 1.77. The molecule has 0 bridgehead atoms. The number of ether oxygens (including phenoxy) is 4. The van der Waals surface area contributed by atoms with Crippen molar-refractivity contribution in [3.05, 3.63) is 89.5 Å². The lowest BCUT2D eigenvalue weighted by molar-refractivity contribution is 0.0893. The molecule has 1 aliphatic heterocycles. The van der Waals surface area contributed by atoms with Crippen LogP contribution in [0.25, 0.3) is 10.8 Å². The number of carbonyl (C=O) groups is 2. The van der Waals surface area contributed by atoms with Crippen LogP contribution in [0, 0.1) is 12.0 Å². The number of nitrogens with zero attached hydrogens (tertiary/aromatic N) is 1. The van der Waals surface area contributed by atoms with Gasteiger partial charge in [-0.1, -0.05) is 36.4 Å². The summed E-state index contributed by atoms with van der Waals surface area (Å²) >= 11 is 0. The van der Waals surface area contributed by atoms with Crippen molar-refractivity contribution in [2.24, 2.45) is 0 Å². The predicted molar refractivity (Wildman–Crippen MR) is 135 cm³/mol. The van der Waals surface area contributed by atoms with Crippen LogP contribution in [-0.4, -0.2) is 33.1 Å². The van der Waals surface area contributed by atoms with E-state index in [0.29, 0.717) is 50.8 Å². The number of benzene rings is 4. The zero-order valence-electron chi connectivity index (χ0n) is 19.8. The predicted octanol–water partition coefficient (Wildman–Crippen LogP) is 5.05. The molecule has 1 aliphatic rings. The molecule has 0 fully saturated rings. The van der Waals surface area contributed by atoms with E-state index in [4.69, 9.17) is 18.9 Å². The number of amides is 2. The van der Waals surface area contributed by atoms with Gasteiger partial charge in [0.1, 0.15) is 11.9 Å². The van der Waals surface area contributed by atoms with Gasteiger partial charge in [-0.05, 0) is 35.6 Å². The van der Waals surface area contributed by atoms with Crippen LogP contribution in [-0.2, 0) is 0 Å². The van der Waals surface area contributed by atoms with Gasteiger partial charge in [0, 0.05) is 28.6 Å². The van der Waals surface area contributed by atoms with Crippen LogP contribution < -0.4 is 23.8 Å². The molecule has 36 heavy (non-hydrogen) atoms. The zero-order chi connectivity index (χ0) is 25.2. The topological polar surface area (TPSA) is 74.3 Å². The molecule has 7 nitrogen and oxygen atoms in total. The van der Waals surface area contributed by atoms with Gasteiger partial charge in [-0.2, -0.15) is 0 Å². The van der Waals surface area contributed by atoms with Crippen molar-refractivity contribution in [2.75, 3.05) is 26.2 Å². The molecule has 0 aliphatic carbocycles. The molecule has 4 aromatic carbocycles. The Morgan fingerprint density at radius 1 is 0.722 bits per heavy atom. The number of hydrogen-bond acceptors (Lipinski definition) is 6. The summed E-state index contributed by atoms with van der Waals surface area (Å²) in [5, 5.41) is 1.51. The van der Waals surface area contributed by atoms with Gasteiger partial charge in [-0.3, -0.25) is 9.59 Å². The third kappa shape index (κ3) is 3.75. The Morgan fingerprint density at radius 3 is 1.92 bits per heavy atom. The minimum atomic E-state index is -0.399. The summed E-state index contributed by atoms with van der Waals surface area (Å²) in [6.07, 6.45) is 2.65. The molecule has 0 radical (unpaired) electrons. The monoisotopic (exact) mass is 479 g/mol. The molecule has 2 amide bonds. The Hall–Kier alpha value is -4.96. The number of para-hydroxylation sites is 1. The van der Waals surface area contributed by atoms with Crippen LogP contribution in [0.15, 0.2) is 72.8 Å². The van der Waals surface area contributed by atoms with E-state index in [1.807, 2.05) is 24.3 Å². The molecule has 178 valence electrons. The average Bonchev–Trinajstić information content (AvgIpc) is 2.91. The summed E-state index contributed by atoms with van der Waals surface area (Å²) in [4.78, 5) is 28.1. The molecular formula is C29H21NO6. The number of rotatable bonds is 5. The van der Waals surface area contributed by atoms with Gasteiger partial charge in [-0.25, -0.2) is 4.90 Å². The van der Waals surface area contributed by atoms with Crippen molar-refractivity contribution in [3.8, 4) is 35.0 Å². The molecule has 0 N–H and O–H groups in total. The molecule has 7 heteroatoms. The first kappa shape index (κ1) is 22.8. The van der Waals surface area contributed by atoms with Crippen LogP contribution >= 0.6 is 0 Å². The molecule has 0 saturated heterocycles. The number of imide groups is 1. The largest absolute Gasteiger partial charge is 0.493 e. The van der Waals surface area contributed by atoms with Crippen molar-refractivity contribution < 1.29 is 28.5 Å². The van der Waals surface area contributed by atoms with Gasteiger partial charge in [0.25, 0.3) is 11.8 Å². The molecular weight excluding hydrogens is 458 g/mol. The standard InChI is InChI=1S/C29H21NO6/c1-33-24-16-20(17-25(34-2)27(24)35-3)36-15-14-18-8-4-5-13-23(18)30-28(31)21-11-6-9-19-10-7-12-22(26(19)21)29(30)32/h4-13,16-17H,1-3H3. The van der Waals surface area contributed by atoms with Gasteiger partial charge in [0.15, 0.2) is 11.5 Å². The van der Waals surface area contributed by atoms with Gasteiger partial charge >= 0.3 is 0 Å². The molecule has 0 atom stereocenters. The van der Waals surface area contributed by atoms with E-state index in [0.717, 1.165) is 5.39 Å². The van der Waals surface area contributed by atoms with Crippen LogP contribution in [0.4, 0.5) is 5.69 Å². The average molecular weight is 479 g/mol. The number of anilines is 1. The lowest BCUT2D eigenvalue weighted by Gasteiger charge is -2.27. The van der Waals surface area contributed by atoms with E-state index in [1.54, 1.807) is 48.5 Å². The second kappa shape index (κ2) is 9.35. The van der Waals surface area contributed by atoms with E-state index >= 15 is 0 Å². The van der Waals surface area contributed by atoms with Gasteiger partial charge in [0.2, 0.25) is 5.75 Å². The fraction of sp³-hybridized carbons (Fsp3) is 0.103. The molecule has 1 heterocycles. The third-order valence-corrected chi connectivity index (χ3v) is 5.91. The van der Waals surface area contributed by atoms with Gasteiger partial charge < -0.3 is 18.9 Å². The van der Waals surface area contributed by atoms with Gasteiger partial charge in [-0.15, -0.1) is 0 Å². The van der Waals surface area contributed by atoms with Crippen LogP contribution in [0.3, 0.4) is 0 Å². The van der Waals surface area contributed by atoms with Gasteiger partial charge in [0.05, 0.1) is 32.6 Å². The van der Waals surface area contributed by atoms with E-state index < -0.39 is 11.8 Å². The smallest absolute Gasteiger partial charge is 0.266 e. The first-order valence-corrected chi connectivity index (χ1v) is 11.0. The van der Waals surface area contributed by atoms with Crippen molar-refractivity contribution >= 4 is 28.3 Å². The second-order valence-corrected chi connectivity index (χ2v) is 7.86. The molecule has 5 rings (SSSR count). The molecule has 4 aromatic rings. The molecule has 0 unspecified atom stereocenters. The van der Waals surface area contributed by atoms with E-state index in [2.05, 4.69) is 12.0 Å². The Labute approximate surface area is 207 Å². The van der Waals surface area contributed by atoms with Crippen molar-refractivity contribution in [3.63, 3.8) is 0 Å². The van der Waals surface area contributed by atoms with Crippen molar-refractivity contribution in [2.45, 2.75) is 0 Å². The van der Waals surface area contributed by atoms with Crippen molar-refractivity contribution in [1.29, 1.82) is 0 Å². The summed E-state index contributed by atoms with van der Waals surface area (Å²) in [7, 11) is 4.53. The number of carbonyl (C=O) groups excluding carboxylic acids is 2. The Kier molecular flexibility index (Phi) is 5.93. The maximum Gasteiger partial charge on any atom is 0.266 e. The van der Waals surface area contributed by atoms with Crippen LogP contribution in [0.1, 0.15) is 26.3 Å². The van der Waals surface area contributed by atoms with Crippen molar-refractivity contribution in [1.82, 2.24) is 0 Å². The van der Waals surface area contributed by atoms with Crippen LogP contribution in [0.5, 0.6) is 23.0 Å². The number of methoxy groups -OCH3 is 3. The minimum absolute atomic E-state index is 0.375. The summed E-state index contributed by atoms with van der Waals surface area (Å²) in [6.45, 7) is 0. The highest BCUT2D eigenvalue weighted by Gasteiger charge is 2.34. The molecule has 0 spiro atoms. The molecule has 0 aromatic heterocycles. The third-order valence-electron chi connectivity index (χ3n) is 5.91. The highest BCUT2D eigenvalue weighted by Crippen LogP contribution is 2.40. The Bertz CT molecular complexity index is 1500. The maximum atomic E-state index is 13.4. The normalized spacial score (nSPS) is 12.1. The first-order chi connectivity index (χ1) is 17.6. The first-order valence-electron chi connectivity index (χ1n) is 11.0. The second-order valence-electron chi connectivity index (χ2n) is 7.86. The highest BCUT2D eigenvalue weighted by molar-refractivity contribution is 6.36. The quantitative estimate of drug-likeness (QED) is 0.295. The SMILES string of the molecule is COc1cc(OC#Cc2ccccc2N2C(=O)c3cccc4cccc(c34)C2=O)cc(OC)c1OC. The van der Waals surface area contributed by atoms with Crippen LogP contribution in [0.2, 0.25) is 0 Å². The highest BCUT2D eigenvalue weighted by atomic mass is 16.5. The Morgan fingerprint density at radius 2 is 1.33 bits per heavy atom.